The van der Waals surface area contributed by atoms with Crippen molar-refractivity contribution in [1.82, 2.24) is 9.88 Å². The molecular formula is C23H20ClN3Na2O5. The van der Waals surface area contributed by atoms with Gasteiger partial charge in [-0.2, -0.15) is 0 Å². The Bertz CT molecular complexity index is 1250. The van der Waals surface area contributed by atoms with Gasteiger partial charge in [-0.1, -0.05) is 47.7 Å². The van der Waals surface area contributed by atoms with E-state index in [4.69, 9.17) is 11.6 Å². The van der Waals surface area contributed by atoms with Crippen LogP contribution in [0.15, 0.2) is 59.4 Å². The largest absolute Gasteiger partial charge is 1.00 e. The maximum absolute atomic E-state index is 12.5. The van der Waals surface area contributed by atoms with Crippen molar-refractivity contribution >= 4 is 29.3 Å². The Balaban J connectivity index is 0.00000289. The molecule has 8 nitrogen and oxygen atoms in total. The number of carboxylic acids is 1. The van der Waals surface area contributed by atoms with Gasteiger partial charge < -0.3 is 30.2 Å². The van der Waals surface area contributed by atoms with Crippen LogP contribution in [-0.4, -0.2) is 16.6 Å². The summed E-state index contributed by atoms with van der Waals surface area (Å²) in [6, 6.07) is 13.4. The molecule has 0 aliphatic carbocycles. The molecule has 2 amide bonds. The van der Waals surface area contributed by atoms with Gasteiger partial charge in [0.15, 0.2) is 0 Å². The van der Waals surface area contributed by atoms with Crippen molar-refractivity contribution in [3.05, 3.63) is 81.2 Å². The minimum atomic E-state index is -1.38. The number of amides is 2. The normalized spacial score (nSPS) is 10.9. The molecule has 0 fully saturated rings. The summed E-state index contributed by atoms with van der Waals surface area (Å²) in [4.78, 5) is 36.2. The molecule has 2 aromatic carbocycles. The summed E-state index contributed by atoms with van der Waals surface area (Å²) < 4.78 is 1.23. The summed E-state index contributed by atoms with van der Waals surface area (Å²) in [6.45, 7) is 1.59. The van der Waals surface area contributed by atoms with Crippen LogP contribution in [0.1, 0.15) is 23.7 Å². The van der Waals surface area contributed by atoms with Gasteiger partial charge in [-0.15, -0.1) is 0 Å². The smallest absolute Gasteiger partial charge is 0.871 e. The second kappa shape index (κ2) is 13.3. The zero-order chi connectivity index (χ0) is 23.4. The average Bonchev–Trinajstić information content (AvgIpc) is 2.74. The van der Waals surface area contributed by atoms with Crippen LogP contribution < -0.4 is 85.5 Å². The second-order valence-corrected chi connectivity index (χ2v) is 7.69. The Morgan fingerprint density at radius 1 is 1.06 bits per heavy atom. The number of carbonyl (C=O) groups is 2. The second-order valence-electron chi connectivity index (χ2n) is 7.25. The third kappa shape index (κ3) is 7.61. The standard InChI is InChI=1S/C23H22ClN3O5.2Na/c1-13-9-19(28)21(22(31)27(13)2)26-23(32)25-18(12-20(29)30)16-7-3-5-14(10-16)15-6-4-8-17(24)11-15;;/h3-11,18,28H,12H2,1-2H3,(H,29,30)(H2,25,26,32);;/q;2*+1/p-2/t18-;;/m0../s1. The van der Waals surface area contributed by atoms with E-state index < -0.39 is 41.5 Å². The van der Waals surface area contributed by atoms with Crippen molar-refractivity contribution in [3.8, 4) is 16.9 Å². The fourth-order valence-electron chi connectivity index (χ4n) is 3.24. The number of nitrogens with zero attached hydrogens (tertiary/aromatic N) is 1. The van der Waals surface area contributed by atoms with Crippen molar-refractivity contribution in [1.29, 1.82) is 0 Å². The summed E-state index contributed by atoms with van der Waals surface area (Å²) in [5.74, 6) is -2.01. The maximum atomic E-state index is 12.5. The van der Waals surface area contributed by atoms with Crippen molar-refractivity contribution in [2.45, 2.75) is 19.4 Å². The Hall–Kier alpha value is -1.78. The summed E-state index contributed by atoms with van der Waals surface area (Å²) in [6.07, 6.45) is -0.511. The number of benzene rings is 2. The molecule has 1 aromatic heterocycles. The fourth-order valence-corrected chi connectivity index (χ4v) is 3.43. The number of aliphatic carboxylic acids is 1. The number of aromatic nitrogens is 1. The monoisotopic (exact) mass is 499 g/mol. The number of nitrogens with one attached hydrogen (secondary N) is 2. The van der Waals surface area contributed by atoms with Gasteiger partial charge in [0.1, 0.15) is 5.69 Å². The van der Waals surface area contributed by atoms with Gasteiger partial charge in [-0.05, 0) is 47.9 Å². The summed E-state index contributed by atoms with van der Waals surface area (Å²) in [5, 5.41) is 28.8. The molecule has 166 valence electrons. The van der Waals surface area contributed by atoms with Crippen LogP contribution >= 0.6 is 11.6 Å². The molecule has 1 atom stereocenters. The van der Waals surface area contributed by atoms with Crippen LogP contribution in [0.3, 0.4) is 0 Å². The molecule has 0 radical (unpaired) electrons. The third-order valence-electron chi connectivity index (χ3n) is 5.00. The molecule has 2 N–H and O–H groups in total. The first-order chi connectivity index (χ1) is 15.2. The van der Waals surface area contributed by atoms with Gasteiger partial charge >= 0.3 is 65.1 Å². The van der Waals surface area contributed by atoms with Crippen LogP contribution in [0.5, 0.6) is 5.75 Å². The van der Waals surface area contributed by atoms with E-state index in [0.29, 0.717) is 16.3 Å². The molecule has 0 aliphatic heterocycles. The molecule has 3 rings (SSSR count). The van der Waals surface area contributed by atoms with Gasteiger partial charge in [-0.3, -0.25) is 4.79 Å². The molecule has 0 bridgehead atoms. The summed E-state index contributed by atoms with van der Waals surface area (Å²) in [7, 11) is 1.47. The van der Waals surface area contributed by atoms with Gasteiger partial charge in [0, 0.05) is 30.2 Å². The third-order valence-corrected chi connectivity index (χ3v) is 5.23. The van der Waals surface area contributed by atoms with Crippen LogP contribution in [-0.2, 0) is 11.8 Å². The minimum absolute atomic E-state index is 0. The van der Waals surface area contributed by atoms with E-state index in [1.807, 2.05) is 12.1 Å². The number of pyridine rings is 1. The minimum Gasteiger partial charge on any atom is -0.871 e. The Morgan fingerprint density at radius 3 is 2.29 bits per heavy atom. The van der Waals surface area contributed by atoms with E-state index in [2.05, 4.69) is 10.6 Å². The van der Waals surface area contributed by atoms with Gasteiger partial charge in [0.2, 0.25) is 0 Å². The zero-order valence-corrected chi connectivity index (χ0v) is 24.1. The topological polar surface area (TPSA) is 126 Å². The Kier molecular flexibility index (Phi) is 11.9. The number of anilines is 1. The van der Waals surface area contributed by atoms with Gasteiger partial charge in [0.25, 0.3) is 5.56 Å². The van der Waals surface area contributed by atoms with Crippen molar-refractivity contribution < 1.29 is 78.9 Å². The first-order valence-corrected chi connectivity index (χ1v) is 10.0. The maximum Gasteiger partial charge on any atom is 1.00 e. The SMILES string of the molecule is Cc1cc([O-])c(NC(=O)N[C@@H](CC(=O)[O-])c2cccc(-c3cccc(Cl)c3)c2)c(=O)n1C.[Na+].[Na+]. The van der Waals surface area contributed by atoms with Crippen LogP contribution in [0, 0.1) is 6.92 Å². The van der Waals surface area contributed by atoms with Gasteiger partial charge in [0.05, 0.1) is 6.04 Å². The molecule has 0 saturated carbocycles. The molecule has 1 heterocycles. The molecule has 11 heteroatoms. The van der Waals surface area contributed by atoms with Crippen molar-refractivity contribution in [3.63, 3.8) is 0 Å². The molecule has 0 unspecified atom stereocenters. The summed E-state index contributed by atoms with van der Waals surface area (Å²) in [5.41, 5.74) is 1.44. The predicted octanol–water partition coefficient (Wildman–Crippen LogP) is -3.90. The Labute approximate surface area is 245 Å². The van der Waals surface area contributed by atoms with Crippen molar-refractivity contribution in [2.75, 3.05) is 5.32 Å². The molecule has 34 heavy (non-hydrogen) atoms. The number of aryl methyl sites for hydroxylation is 1. The number of halogens is 1. The first-order valence-electron chi connectivity index (χ1n) is 9.66. The van der Waals surface area contributed by atoms with E-state index in [1.165, 1.54) is 17.7 Å². The van der Waals surface area contributed by atoms with E-state index in [1.54, 1.807) is 43.3 Å². The summed E-state index contributed by atoms with van der Waals surface area (Å²) >= 11 is 6.05. The molecule has 0 spiro atoms. The van der Waals surface area contributed by atoms with E-state index in [9.17, 15) is 24.6 Å². The van der Waals surface area contributed by atoms with Crippen LogP contribution in [0.4, 0.5) is 10.5 Å². The van der Waals surface area contributed by atoms with Gasteiger partial charge in [-0.25, -0.2) is 4.79 Å². The van der Waals surface area contributed by atoms with E-state index in [0.717, 1.165) is 11.1 Å². The molecule has 0 aliphatic rings. The predicted molar refractivity (Wildman–Crippen MR) is 117 cm³/mol. The number of hydrogen-bond donors (Lipinski definition) is 2. The number of hydrogen-bond acceptors (Lipinski definition) is 5. The average molecular weight is 500 g/mol. The quantitative estimate of drug-likeness (QED) is 0.335. The molecular weight excluding hydrogens is 480 g/mol. The van der Waals surface area contributed by atoms with E-state index in [-0.39, 0.29) is 59.1 Å². The fraction of sp³-hybridized carbons (Fsp3) is 0.174. The molecule has 3 aromatic rings. The number of urea groups is 1. The van der Waals surface area contributed by atoms with Crippen LogP contribution in [0.25, 0.3) is 11.1 Å². The number of carboxylic acid groups (broad SMARTS) is 1. The van der Waals surface area contributed by atoms with Crippen LogP contribution in [0.2, 0.25) is 5.02 Å². The molecule has 0 saturated heterocycles. The zero-order valence-electron chi connectivity index (χ0n) is 19.3. The first kappa shape index (κ1) is 30.3. The Morgan fingerprint density at radius 2 is 1.68 bits per heavy atom. The number of carbonyl (C=O) groups excluding carboxylic acids is 2. The van der Waals surface area contributed by atoms with E-state index >= 15 is 0 Å². The van der Waals surface area contributed by atoms with Crippen molar-refractivity contribution in [2.24, 2.45) is 7.05 Å². The number of rotatable bonds is 6.